The van der Waals surface area contributed by atoms with Crippen molar-refractivity contribution in [3.05, 3.63) is 0 Å². The Morgan fingerprint density at radius 2 is 2.50 bits per heavy atom. The Balaban J connectivity index is 2.30. The summed E-state index contributed by atoms with van der Waals surface area (Å²) in [6.07, 6.45) is 1.35. The lowest BCUT2D eigenvalue weighted by molar-refractivity contribution is -0.122. The van der Waals surface area contributed by atoms with Crippen molar-refractivity contribution in [2.75, 3.05) is 32.2 Å². The Labute approximate surface area is 92.5 Å². The first-order valence-electron chi connectivity index (χ1n) is 4.68. The lowest BCUT2D eigenvalue weighted by atomic mass is 10.0. The van der Waals surface area contributed by atoms with Crippen LogP contribution in [-0.2, 0) is 14.3 Å². The van der Waals surface area contributed by atoms with E-state index in [9.17, 15) is 4.79 Å². The van der Waals surface area contributed by atoms with E-state index in [1.54, 1.807) is 7.11 Å². The SMILES string of the molecule is COC1(CNC(=O)CCBr)CCOC1. The fourth-order valence-electron chi connectivity index (χ4n) is 1.39. The third-order valence-corrected chi connectivity index (χ3v) is 2.83. The van der Waals surface area contributed by atoms with E-state index in [2.05, 4.69) is 21.2 Å². The average Bonchev–Trinajstić information content (AvgIpc) is 2.65. The molecule has 0 radical (unpaired) electrons. The van der Waals surface area contributed by atoms with Crippen LogP contribution in [0.1, 0.15) is 12.8 Å². The van der Waals surface area contributed by atoms with Crippen LogP contribution in [0.5, 0.6) is 0 Å². The number of carbonyl (C=O) groups is 1. The molecule has 1 saturated heterocycles. The molecule has 0 bridgehead atoms. The predicted molar refractivity (Wildman–Crippen MR) is 56.6 cm³/mol. The highest BCUT2D eigenvalue weighted by atomic mass is 79.9. The molecule has 1 heterocycles. The zero-order valence-corrected chi connectivity index (χ0v) is 9.93. The van der Waals surface area contributed by atoms with Gasteiger partial charge in [-0.15, -0.1) is 0 Å². The molecular weight excluding hydrogens is 250 g/mol. The lowest BCUT2D eigenvalue weighted by Crippen LogP contribution is -2.45. The van der Waals surface area contributed by atoms with Gasteiger partial charge in [0.1, 0.15) is 5.60 Å². The normalized spacial score (nSPS) is 26.4. The summed E-state index contributed by atoms with van der Waals surface area (Å²) in [4.78, 5) is 11.2. The van der Waals surface area contributed by atoms with Crippen LogP contribution in [0, 0.1) is 0 Å². The Bertz CT molecular complexity index is 192. The van der Waals surface area contributed by atoms with Gasteiger partial charge in [0.15, 0.2) is 0 Å². The highest BCUT2D eigenvalue weighted by Crippen LogP contribution is 2.21. The van der Waals surface area contributed by atoms with E-state index in [4.69, 9.17) is 9.47 Å². The second-order valence-corrected chi connectivity index (χ2v) is 4.20. The van der Waals surface area contributed by atoms with Crippen LogP contribution in [0.25, 0.3) is 0 Å². The van der Waals surface area contributed by atoms with Crippen molar-refractivity contribution in [1.82, 2.24) is 5.32 Å². The first-order chi connectivity index (χ1) is 6.72. The molecule has 0 aromatic carbocycles. The molecule has 1 amide bonds. The summed E-state index contributed by atoms with van der Waals surface area (Å²) in [5.41, 5.74) is -0.304. The summed E-state index contributed by atoms with van der Waals surface area (Å²) in [5.74, 6) is 0.0465. The fraction of sp³-hybridized carbons (Fsp3) is 0.889. The predicted octanol–water partition coefficient (Wildman–Crippen LogP) is 0.693. The van der Waals surface area contributed by atoms with Gasteiger partial charge in [-0.25, -0.2) is 0 Å². The molecule has 0 saturated carbocycles. The minimum absolute atomic E-state index is 0.0465. The van der Waals surface area contributed by atoms with Gasteiger partial charge >= 0.3 is 0 Å². The molecule has 14 heavy (non-hydrogen) atoms. The number of hydrogen-bond donors (Lipinski definition) is 1. The number of amides is 1. The van der Waals surface area contributed by atoms with Crippen molar-refractivity contribution in [2.24, 2.45) is 0 Å². The molecule has 1 rings (SSSR count). The maximum Gasteiger partial charge on any atom is 0.220 e. The third kappa shape index (κ3) is 3.22. The molecule has 1 unspecified atom stereocenters. The zero-order chi connectivity index (χ0) is 10.4. The number of ether oxygens (including phenoxy) is 2. The zero-order valence-electron chi connectivity index (χ0n) is 8.35. The quantitative estimate of drug-likeness (QED) is 0.745. The topological polar surface area (TPSA) is 47.6 Å². The second kappa shape index (κ2) is 5.68. The Morgan fingerprint density at radius 1 is 1.71 bits per heavy atom. The number of carbonyl (C=O) groups excluding carboxylic acids is 1. The molecule has 0 aromatic heterocycles. The van der Waals surface area contributed by atoms with E-state index >= 15 is 0 Å². The number of alkyl halides is 1. The number of rotatable bonds is 5. The molecular formula is C9H16BrNO3. The standard InChI is InChI=1S/C9H16BrNO3/c1-13-9(3-5-14-7-9)6-11-8(12)2-4-10/h2-7H2,1H3,(H,11,12). The van der Waals surface area contributed by atoms with E-state index in [0.29, 0.717) is 31.5 Å². The Kier molecular flexibility index (Phi) is 4.84. The Hall–Kier alpha value is -0.130. The first-order valence-corrected chi connectivity index (χ1v) is 5.80. The summed E-state index contributed by atoms with van der Waals surface area (Å²) < 4.78 is 10.6. The largest absolute Gasteiger partial charge is 0.378 e. The summed E-state index contributed by atoms with van der Waals surface area (Å²) in [6.45, 7) is 1.82. The number of nitrogens with one attached hydrogen (secondary N) is 1. The molecule has 82 valence electrons. The highest BCUT2D eigenvalue weighted by Gasteiger charge is 2.35. The maximum absolute atomic E-state index is 11.2. The first kappa shape index (κ1) is 11.9. The van der Waals surface area contributed by atoms with Gasteiger partial charge in [-0.2, -0.15) is 0 Å². The van der Waals surface area contributed by atoms with Crippen LogP contribution in [-0.4, -0.2) is 43.7 Å². The van der Waals surface area contributed by atoms with Crippen LogP contribution in [0.4, 0.5) is 0 Å². The lowest BCUT2D eigenvalue weighted by Gasteiger charge is -2.25. The van der Waals surface area contributed by atoms with Gasteiger partial charge in [-0.1, -0.05) is 15.9 Å². The second-order valence-electron chi connectivity index (χ2n) is 3.41. The van der Waals surface area contributed by atoms with Crippen LogP contribution >= 0.6 is 15.9 Å². The molecule has 1 atom stereocenters. The van der Waals surface area contributed by atoms with Crippen molar-refractivity contribution in [1.29, 1.82) is 0 Å². The monoisotopic (exact) mass is 265 g/mol. The van der Waals surface area contributed by atoms with E-state index in [1.807, 2.05) is 0 Å². The molecule has 1 fully saturated rings. The van der Waals surface area contributed by atoms with E-state index < -0.39 is 0 Å². The minimum atomic E-state index is -0.304. The van der Waals surface area contributed by atoms with Crippen molar-refractivity contribution in [2.45, 2.75) is 18.4 Å². The molecule has 4 nitrogen and oxygen atoms in total. The van der Waals surface area contributed by atoms with E-state index in [0.717, 1.165) is 6.42 Å². The number of halogens is 1. The van der Waals surface area contributed by atoms with Crippen molar-refractivity contribution >= 4 is 21.8 Å². The van der Waals surface area contributed by atoms with E-state index in [1.165, 1.54) is 0 Å². The van der Waals surface area contributed by atoms with Crippen LogP contribution in [0.15, 0.2) is 0 Å². The summed E-state index contributed by atoms with van der Waals surface area (Å²) in [7, 11) is 1.66. The third-order valence-electron chi connectivity index (χ3n) is 2.43. The summed E-state index contributed by atoms with van der Waals surface area (Å²) in [6, 6.07) is 0. The van der Waals surface area contributed by atoms with Crippen LogP contribution in [0.3, 0.4) is 0 Å². The van der Waals surface area contributed by atoms with Crippen molar-refractivity contribution < 1.29 is 14.3 Å². The minimum Gasteiger partial charge on any atom is -0.378 e. The van der Waals surface area contributed by atoms with Gasteiger partial charge in [-0.3, -0.25) is 4.79 Å². The maximum atomic E-state index is 11.2. The summed E-state index contributed by atoms with van der Waals surface area (Å²) in [5, 5.41) is 3.53. The molecule has 1 N–H and O–H groups in total. The molecule has 1 aliphatic rings. The van der Waals surface area contributed by atoms with Gasteiger partial charge in [-0.05, 0) is 0 Å². The van der Waals surface area contributed by atoms with Crippen LogP contribution in [0.2, 0.25) is 0 Å². The average molecular weight is 266 g/mol. The molecule has 1 aliphatic heterocycles. The van der Waals surface area contributed by atoms with Gasteiger partial charge in [0.05, 0.1) is 6.61 Å². The van der Waals surface area contributed by atoms with Gasteiger partial charge in [0.25, 0.3) is 0 Å². The smallest absolute Gasteiger partial charge is 0.220 e. The van der Waals surface area contributed by atoms with Crippen LogP contribution < -0.4 is 5.32 Å². The Morgan fingerprint density at radius 3 is 3.00 bits per heavy atom. The summed E-state index contributed by atoms with van der Waals surface area (Å²) >= 11 is 3.22. The molecule has 0 aromatic rings. The molecule has 5 heteroatoms. The molecule has 0 spiro atoms. The van der Waals surface area contributed by atoms with Gasteiger partial charge < -0.3 is 14.8 Å². The fourth-order valence-corrected chi connectivity index (χ4v) is 1.76. The van der Waals surface area contributed by atoms with Gasteiger partial charge in [0.2, 0.25) is 5.91 Å². The van der Waals surface area contributed by atoms with Gasteiger partial charge in [0, 0.05) is 38.4 Å². The highest BCUT2D eigenvalue weighted by molar-refractivity contribution is 9.09. The van der Waals surface area contributed by atoms with Crippen molar-refractivity contribution in [3.8, 4) is 0 Å². The number of methoxy groups -OCH3 is 1. The van der Waals surface area contributed by atoms with E-state index in [-0.39, 0.29) is 11.5 Å². The van der Waals surface area contributed by atoms with Crippen molar-refractivity contribution in [3.63, 3.8) is 0 Å². The molecule has 0 aliphatic carbocycles. The number of hydrogen-bond acceptors (Lipinski definition) is 3.